The molecule has 1 N–H and O–H groups in total. The van der Waals surface area contributed by atoms with Gasteiger partial charge < -0.3 is 5.32 Å². The van der Waals surface area contributed by atoms with E-state index in [1.54, 1.807) is 9.88 Å². The van der Waals surface area contributed by atoms with Gasteiger partial charge in [0.15, 0.2) is 0 Å². The zero-order chi connectivity index (χ0) is 13.7. The third-order valence-electron chi connectivity index (χ3n) is 4.14. The van der Waals surface area contributed by atoms with Crippen LogP contribution in [0.1, 0.15) is 38.5 Å². The smallest absolute Gasteiger partial charge is 0.211 e. The van der Waals surface area contributed by atoms with E-state index in [4.69, 9.17) is 0 Å². The SMILES string of the molecule is CS(=O)(=O)N1CCCC(CNCCC2=CCCC2)C1. The highest BCUT2D eigenvalue weighted by atomic mass is 32.2. The van der Waals surface area contributed by atoms with Crippen LogP contribution in [0.15, 0.2) is 11.6 Å². The van der Waals surface area contributed by atoms with Gasteiger partial charge in [0.25, 0.3) is 0 Å². The summed E-state index contributed by atoms with van der Waals surface area (Å²) in [7, 11) is -3.01. The standard InChI is InChI=1S/C14H26N2O2S/c1-19(17,18)16-10-4-7-14(12-16)11-15-9-8-13-5-2-3-6-13/h5,14-15H,2-4,6-12H2,1H3. The second kappa shape index (κ2) is 6.86. The predicted octanol–water partition coefficient (Wildman–Crippen LogP) is 1.75. The summed E-state index contributed by atoms with van der Waals surface area (Å²) in [6.07, 6.45) is 10.8. The van der Waals surface area contributed by atoms with Gasteiger partial charge in [-0.15, -0.1) is 0 Å². The van der Waals surface area contributed by atoms with Crippen LogP contribution in [0.5, 0.6) is 0 Å². The van der Waals surface area contributed by atoms with E-state index in [2.05, 4.69) is 11.4 Å². The molecule has 0 spiro atoms. The van der Waals surface area contributed by atoms with Gasteiger partial charge in [0, 0.05) is 13.1 Å². The minimum Gasteiger partial charge on any atom is -0.316 e. The largest absolute Gasteiger partial charge is 0.316 e. The van der Waals surface area contributed by atoms with Gasteiger partial charge in [-0.3, -0.25) is 0 Å². The molecule has 1 heterocycles. The second-order valence-electron chi connectivity index (χ2n) is 5.84. The average molecular weight is 286 g/mol. The van der Waals surface area contributed by atoms with Crippen LogP contribution in [0.2, 0.25) is 0 Å². The fourth-order valence-electron chi connectivity index (χ4n) is 3.01. The second-order valence-corrected chi connectivity index (χ2v) is 7.82. The van der Waals surface area contributed by atoms with Gasteiger partial charge in [-0.1, -0.05) is 11.6 Å². The topological polar surface area (TPSA) is 49.4 Å². The van der Waals surface area contributed by atoms with Gasteiger partial charge in [0.05, 0.1) is 6.26 Å². The van der Waals surface area contributed by atoms with Crippen molar-refractivity contribution in [2.45, 2.75) is 38.5 Å². The maximum absolute atomic E-state index is 11.5. The predicted molar refractivity (Wildman–Crippen MR) is 78.6 cm³/mol. The van der Waals surface area contributed by atoms with E-state index in [0.29, 0.717) is 19.0 Å². The third-order valence-corrected chi connectivity index (χ3v) is 5.41. The number of hydrogen-bond donors (Lipinski definition) is 1. The van der Waals surface area contributed by atoms with Crippen molar-refractivity contribution in [2.24, 2.45) is 5.92 Å². The van der Waals surface area contributed by atoms with Crippen LogP contribution in [0.3, 0.4) is 0 Å². The van der Waals surface area contributed by atoms with Crippen molar-refractivity contribution in [3.63, 3.8) is 0 Å². The molecule has 1 aliphatic carbocycles. The van der Waals surface area contributed by atoms with Gasteiger partial charge >= 0.3 is 0 Å². The van der Waals surface area contributed by atoms with Crippen molar-refractivity contribution < 1.29 is 8.42 Å². The molecule has 4 nitrogen and oxygen atoms in total. The first-order valence-corrected chi connectivity index (χ1v) is 9.24. The Hall–Kier alpha value is -0.390. The molecule has 0 radical (unpaired) electrons. The number of sulfonamides is 1. The van der Waals surface area contributed by atoms with Crippen LogP contribution in [-0.4, -0.2) is 45.2 Å². The van der Waals surface area contributed by atoms with Gasteiger partial charge in [0.2, 0.25) is 10.0 Å². The maximum atomic E-state index is 11.5. The van der Waals surface area contributed by atoms with Gasteiger partial charge in [0.1, 0.15) is 0 Å². The molecule has 0 bridgehead atoms. The Bertz CT molecular complexity index is 417. The summed E-state index contributed by atoms with van der Waals surface area (Å²) < 4.78 is 24.7. The average Bonchev–Trinajstić information content (AvgIpc) is 2.87. The fourth-order valence-corrected chi connectivity index (χ4v) is 3.96. The zero-order valence-corrected chi connectivity index (χ0v) is 12.7. The summed E-state index contributed by atoms with van der Waals surface area (Å²) in [5.41, 5.74) is 1.59. The van der Waals surface area contributed by atoms with Gasteiger partial charge in [-0.05, 0) is 57.5 Å². The molecule has 0 amide bonds. The van der Waals surface area contributed by atoms with Crippen molar-refractivity contribution in [1.29, 1.82) is 0 Å². The first-order valence-electron chi connectivity index (χ1n) is 7.39. The van der Waals surface area contributed by atoms with E-state index in [0.717, 1.165) is 32.4 Å². The van der Waals surface area contributed by atoms with Crippen molar-refractivity contribution in [1.82, 2.24) is 9.62 Å². The van der Waals surface area contributed by atoms with Crippen LogP contribution in [0.25, 0.3) is 0 Å². The van der Waals surface area contributed by atoms with E-state index in [1.165, 1.54) is 25.5 Å². The minimum atomic E-state index is -3.01. The molecule has 110 valence electrons. The number of allylic oxidation sites excluding steroid dienone is 1. The zero-order valence-electron chi connectivity index (χ0n) is 11.9. The van der Waals surface area contributed by atoms with Crippen LogP contribution >= 0.6 is 0 Å². The summed E-state index contributed by atoms with van der Waals surface area (Å²) in [5.74, 6) is 0.473. The Labute approximate surface area is 117 Å². The molecule has 2 rings (SSSR count). The quantitative estimate of drug-likeness (QED) is 0.598. The Morgan fingerprint density at radius 3 is 2.95 bits per heavy atom. The number of hydrogen-bond acceptors (Lipinski definition) is 3. The maximum Gasteiger partial charge on any atom is 0.211 e. The van der Waals surface area contributed by atoms with Crippen molar-refractivity contribution in [3.8, 4) is 0 Å². The highest BCUT2D eigenvalue weighted by Gasteiger charge is 2.25. The number of rotatable bonds is 6. The lowest BCUT2D eigenvalue weighted by molar-refractivity contribution is 0.262. The highest BCUT2D eigenvalue weighted by molar-refractivity contribution is 7.88. The van der Waals surface area contributed by atoms with Crippen LogP contribution < -0.4 is 5.32 Å². The molecule has 1 atom stereocenters. The van der Waals surface area contributed by atoms with E-state index in [9.17, 15) is 8.42 Å². The molecule has 0 saturated carbocycles. The van der Waals surface area contributed by atoms with E-state index in [1.807, 2.05) is 0 Å². The molecule has 1 aliphatic heterocycles. The van der Waals surface area contributed by atoms with Crippen LogP contribution in [-0.2, 0) is 10.0 Å². The van der Waals surface area contributed by atoms with Crippen LogP contribution in [0.4, 0.5) is 0 Å². The molecule has 2 aliphatic rings. The number of piperidine rings is 1. The first kappa shape index (κ1) is 15.0. The molecule has 19 heavy (non-hydrogen) atoms. The Morgan fingerprint density at radius 2 is 2.26 bits per heavy atom. The summed E-state index contributed by atoms with van der Waals surface area (Å²) in [6.45, 7) is 3.36. The van der Waals surface area contributed by atoms with Gasteiger partial charge in [-0.25, -0.2) is 12.7 Å². The summed E-state index contributed by atoms with van der Waals surface area (Å²) in [4.78, 5) is 0. The molecule has 0 aromatic carbocycles. The fraction of sp³-hybridized carbons (Fsp3) is 0.857. The molecule has 1 fully saturated rings. The third kappa shape index (κ3) is 4.89. The lowest BCUT2D eigenvalue weighted by Crippen LogP contribution is -2.42. The van der Waals surface area contributed by atoms with E-state index < -0.39 is 10.0 Å². The van der Waals surface area contributed by atoms with Crippen LogP contribution in [0, 0.1) is 5.92 Å². The lowest BCUT2D eigenvalue weighted by Gasteiger charge is -2.31. The molecule has 0 aromatic heterocycles. The number of nitrogens with zero attached hydrogens (tertiary/aromatic N) is 1. The van der Waals surface area contributed by atoms with Gasteiger partial charge in [-0.2, -0.15) is 0 Å². The van der Waals surface area contributed by atoms with E-state index >= 15 is 0 Å². The highest BCUT2D eigenvalue weighted by Crippen LogP contribution is 2.20. The lowest BCUT2D eigenvalue weighted by atomic mass is 9.99. The normalized spacial score (nSPS) is 25.5. The van der Waals surface area contributed by atoms with Crippen molar-refractivity contribution in [2.75, 3.05) is 32.4 Å². The molecule has 1 unspecified atom stereocenters. The van der Waals surface area contributed by atoms with E-state index in [-0.39, 0.29) is 0 Å². The molecule has 5 heteroatoms. The number of nitrogens with one attached hydrogen (secondary N) is 1. The summed E-state index contributed by atoms with van der Waals surface area (Å²) in [5, 5.41) is 3.49. The molecule has 0 aromatic rings. The minimum absolute atomic E-state index is 0.473. The summed E-state index contributed by atoms with van der Waals surface area (Å²) in [6, 6.07) is 0. The first-order chi connectivity index (χ1) is 9.05. The Kier molecular flexibility index (Phi) is 5.42. The monoisotopic (exact) mass is 286 g/mol. The summed E-state index contributed by atoms with van der Waals surface area (Å²) >= 11 is 0. The Morgan fingerprint density at radius 1 is 1.42 bits per heavy atom. The Balaban J connectivity index is 1.65. The van der Waals surface area contributed by atoms with Crippen molar-refractivity contribution in [3.05, 3.63) is 11.6 Å². The molecule has 1 saturated heterocycles. The molecular formula is C14H26N2O2S. The molecular weight excluding hydrogens is 260 g/mol. The van der Waals surface area contributed by atoms with Crippen molar-refractivity contribution >= 4 is 10.0 Å².